The maximum atomic E-state index is 13.6. The number of phenols is 1. The van der Waals surface area contributed by atoms with Crippen molar-refractivity contribution in [1.82, 2.24) is 14.6 Å². The van der Waals surface area contributed by atoms with Crippen LogP contribution in [0.25, 0.3) is 5.65 Å². The number of hydrogen-bond donors (Lipinski definition) is 3. The van der Waals surface area contributed by atoms with Crippen molar-refractivity contribution < 1.29 is 19.1 Å². The number of benzene rings is 1. The van der Waals surface area contributed by atoms with Crippen LogP contribution in [0.2, 0.25) is 0 Å². The van der Waals surface area contributed by atoms with E-state index in [-0.39, 0.29) is 12.4 Å². The van der Waals surface area contributed by atoms with Gasteiger partial charge in [0.05, 0.1) is 24.4 Å². The Labute approximate surface area is 173 Å². The highest BCUT2D eigenvalue weighted by Crippen LogP contribution is 2.31. The van der Waals surface area contributed by atoms with E-state index in [0.717, 1.165) is 6.34 Å². The molecule has 9 nitrogen and oxygen atoms in total. The summed E-state index contributed by atoms with van der Waals surface area (Å²) in [6.07, 6.45) is 4.43. The average Bonchev–Trinajstić information content (AvgIpc) is 3.16. The summed E-state index contributed by atoms with van der Waals surface area (Å²) in [4.78, 5) is 10.2. The molecule has 0 amide bonds. The Hall–Kier alpha value is -3.40. The molecule has 0 saturated heterocycles. The Morgan fingerprint density at radius 3 is 2.97 bits per heavy atom. The zero-order chi connectivity index (χ0) is 21.7. The monoisotopic (exact) mass is 416 g/mol. The van der Waals surface area contributed by atoms with Crippen molar-refractivity contribution in [3.05, 3.63) is 53.6 Å². The van der Waals surface area contributed by atoms with Crippen LogP contribution in [-0.4, -0.2) is 39.3 Å². The van der Waals surface area contributed by atoms with Crippen LogP contribution in [0, 0.1) is 5.82 Å². The van der Waals surface area contributed by atoms with Gasteiger partial charge in [0, 0.05) is 18.4 Å². The summed E-state index contributed by atoms with van der Waals surface area (Å²) in [6.45, 7) is 6.21. The highest BCUT2D eigenvalue weighted by Gasteiger charge is 2.34. The van der Waals surface area contributed by atoms with Gasteiger partial charge in [0.1, 0.15) is 23.7 Å². The smallest absolute Gasteiger partial charge is 0.188 e. The van der Waals surface area contributed by atoms with Crippen molar-refractivity contribution in [3.8, 4) is 5.75 Å². The molecule has 0 saturated carbocycles. The summed E-state index contributed by atoms with van der Waals surface area (Å²) < 4.78 is 20.8. The summed E-state index contributed by atoms with van der Waals surface area (Å²) in [5, 5.41) is 21.3. The summed E-state index contributed by atoms with van der Waals surface area (Å²) in [5.74, 6) is 0.0867. The second kappa shape index (κ2) is 8.95. The van der Waals surface area contributed by atoms with Crippen LogP contribution < -0.4 is 11.1 Å². The van der Waals surface area contributed by atoms with E-state index in [4.69, 9.17) is 15.3 Å². The van der Waals surface area contributed by atoms with E-state index >= 15 is 0 Å². The molecule has 2 unspecified atom stereocenters. The van der Waals surface area contributed by atoms with Gasteiger partial charge in [-0.2, -0.15) is 5.10 Å². The Morgan fingerprint density at radius 2 is 2.23 bits per heavy atom. The van der Waals surface area contributed by atoms with E-state index in [1.54, 1.807) is 29.9 Å². The van der Waals surface area contributed by atoms with E-state index in [0.29, 0.717) is 29.2 Å². The second-order valence-corrected chi connectivity index (χ2v) is 6.92. The third kappa shape index (κ3) is 4.43. The molecule has 3 aromatic rings. The van der Waals surface area contributed by atoms with Crippen molar-refractivity contribution >= 4 is 17.8 Å². The number of nitrogens with one attached hydrogen (secondary N) is 1. The number of phenolic OH excluding ortho intramolecular Hbond substituents is 1. The molecular formula is C20H25FN6O3. The first-order chi connectivity index (χ1) is 14.4. The molecule has 160 valence electrons. The number of hydrogen-bond acceptors (Lipinski definition) is 7. The van der Waals surface area contributed by atoms with Gasteiger partial charge in [-0.05, 0) is 45.0 Å². The fourth-order valence-corrected chi connectivity index (χ4v) is 3.09. The summed E-state index contributed by atoms with van der Waals surface area (Å²) in [5.41, 5.74) is 5.98. The highest BCUT2D eigenvalue weighted by molar-refractivity contribution is 5.55. The standard InChI is InChI=1S/C20H25FN6O3/c1-4-29-11-20(3,30-24-12-22)16-10-23-27-8-7-18(26-19(16)27)25-13(2)15-9-14(21)5-6-17(15)28/h5-10,12-13,28H,4,11H2,1-3H3,(H2,22,24)(H,25,26). The van der Waals surface area contributed by atoms with Gasteiger partial charge in [-0.3, -0.25) is 0 Å². The molecule has 10 heteroatoms. The molecule has 0 aliphatic heterocycles. The minimum Gasteiger partial charge on any atom is -0.508 e. The summed E-state index contributed by atoms with van der Waals surface area (Å²) in [6, 6.07) is 5.15. The first kappa shape index (κ1) is 21.3. The number of nitrogens with two attached hydrogens (primary N) is 1. The minimum absolute atomic E-state index is 0.000134. The van der Waals surface area contributed by atoms with Gasteiger partial charge >= 0.3 is 0 Å². The number of rotatable bonds is 9. The summed E-state index contributed by atoms with van der Waals surface area (Å²) >= 11 is 0. The maximum absolute atomic E-state index is 13.6. The fraction of sp³-hybridized carbons (Fsp3) is 0.350. The SMILES string of the molecule is CCOCC(C)(O/N=C\N)c1cnn2ccc(NC(C)c3cc(F)ccc3O)nc12. The van der Waals surface area contributed by atoms with Gasteiger partial charge in [-0.15, -0.1) is 0 Å². The lowest BCUT2D eigenvalue weighted by Crippen LogP contribution is -2.30. The molecule has 0 spiro atoms. The largest absolute Gasteiger partial charge is 0.508 e. The number of oxime groups is 1. The summed E-state index contributed by atoms with van der Waals surface area (Å²) in [7, 11) is 0. The molecule has 0 fully saturated rings. The molecule has 1 aromatic carbocycles. The molecule has 3 rings (SSSR count). The minimum atomic E-state index is -0.967. The first-order valence-electron chi connectivity index (χ1n) is 9.47. The van der Waals surface area contributed by atoms with Crippen LogP contribution in [0.3, 0.4) is 0 Å². The zero-order valence-electron chi connectivity index (χ0n) is 17.0. The van der Waals surface area contributed by atoms with E-state index in [1.807, 2.05) is 13.8 Å². The number of anilines is 1. The van der Waals surface area contributed by atoms with Crippen molar-refractivity contribution in [3.63, 3.8) is 0 Å². The van der Waals surface area contributed by atoms with E-state index in [2.05, 4.69) is 20.6 Å². The zero-order valence-corrected chi connectivity index (χ0v) is 17.0. The lowest BCUT2D eigenvalue weighted by molar-refractivity contribution is -0.0878. The Kier molecular flexibility index (Phi) is 6.36. The maximum Gasteiger partial charge on any atom is 0.188 e. The third-order valence-corrected chi connectivity index (χ3v) is 4.66. The third-order valence-electron chi connectivity index (χ3n) is 4.66. The van der Waals surface area contributed by atoms with Crippen LogP contribution in [0.4, 0.5) is 10.2 Å². The highest BCUT2D eigenvalue weighted by atomic mass is 19.1. The molecule has 2 aromatic heterocycles. The van der Waals surface area contributed by atoms with Crippen LogP contribution in [0.1, 0.15) is 37.9 Å². The topological polar surface area (TPSA) is 119 Å². The van der Waals surface area contributed by atoms with E-state index < -0.39 is 17.5 Å². The molecular weight excluding hydrogens is 391 g/mol. The second-order valence-electron chi connectivity index (χ2n) is 6.92. The molecule has 2 heterocycles. The molecule has 0 bridgehead atoms. The van der Waals surface area contributed by atoms with Crippen molar-refractivity contribution in [2.24, 2.45) is 10.9 Å². The lowest BCUT2D eigenvalue weighted by atomic mass is 10.00. The number of nitrogens with zero attached hydrogens (tertiary/aromatic N) is 4. The molecule has 2 atom stereocenters. The Bertz CT molecular complexity index is 1040. The predicted molar refractivity (Wildman–Crippen MR) is 111 cm³/mol. The molecule has 4 N–H and O–H groups in total. The van der Waals surface area contributed by atoms with E-state index in [9.17, 15) is 9.50 Å². The average molecular weight is 416 g/mol. The number of fused-ring (bicyclic) bond motifs is 1. The molecule has 30 heavy (non-hydrogen) atoms. The molecule has 0 aliphatic carbocycles. The van der Waals surface area contributed by atoms with Crippen molar-refractivity contribution in [2.75, 3.05) is 18.5 Å². The van der Waals surface area contributed by atoms with E-state index in [1.165, 1.54) is 18.2 Å². The van der Waals surface area contributed by atoms with Crippen molar-refractivity contribution in [1.29, 1.82) is 0 Å². The number of aromatic nitrogens is 3. The van der Waals surface area contributed by atoms with Crippen LogP contribution in [0.15, 0.2) is 41.8 Å². The predicted octanol–water partition coefficient (Wildman–Crippen LogP) is 2.92. The van der Waals surface area contributed by atoms with Gasteiger partial charge in [-0.1, -0.05) is 5.16 Å². The Morgan fingerprint density at radius 1 is 1.43 bits per heavy atom. The number of aromatic hydroxyl groups is 1. The van der Waals surface area contributed by atoms with Gasteiger partial charge in [0.15, 0.2) is 11.2 Å². The van der Waals surface area contributed by atoms with Crippen LogP contribution >= 0.6 is 0 Å². The van der Waals surface area contributed by atoms with Crippen LogP contribution in [-0.2, 0) is 15.2 Å². The quantitative estimate of drug-likeness (QED) is 0.279. The van der Waals surface area contributed by atoms with Crippen LogP contribution in [0.5, 0.6) is 5.75 Å². The van der Waals surface area contributed by atoms with Gasteiger partial charge in [0.25, 0.3) is 0 Å². The normalized spacial score (nSPS) is 14.7. The van der Waals surface area contributed by atoms with Gasteiger partial charge in [0.2, 0.25) is 0 Å². The fourth-order valence-electron chi connectivity index (χ4n) is 3.09. The molecule has 0 aliphatic rings. The van der Waals surface area contributed by atoms with Gasteiger partial charge in [-0.25, -0.2) is 13.9 Å². The van der Waals surface area contributed by atoms with Gasteiger partial charge < -0.3 is 25.7 Å². The number of ether oxygens (including phenoxy) is 1. The molecule has 0 radical (unpaired) electrons. The number of halogens is 1. The first-order valence-corrected chi connectivity index (χ1v) is 9.47. The Balaban J connectivity index is 1.94. The lowest BCUT2D eigenvalue weighted by Gasteiger charge is -2.25. The van der Waals surface area contributed by atoms with Crippen molar-refractivity contribution in [2.45, 2.75) is 32.4 Å².